The number of rotatable bonds is 5. The Morgan fingerprint density at radius 1 is 1.21 bits per heavy atom. The van der Waals surface area contributed by atoms with E-state index in [9.17, 15) is 9.59 Å². The summed E-state index contributed by atoms with van der Waals surface area (Å²) in [6.07, 6.45) is 4.87. The third-order valence-corrected chi connectivity index (χ3v) is 6.45. The Kier molecular flexibility index (Phi) is 6.66. The number of aryl methyl sites for hydroxylation is 1. The first kappa shape index (κ1) is 23.2. The van der Waals surface area contributed by atoms with Crippen molar-refractivity contribution in [3.8, 4) is 17.2 Å². The number of likely N-dealkylation sites (tertiary alicyclic amines) is 1. The van der Waals surface area contributed by atoms with Crippen LogP contribution in [0.1, 0.15) is 47.7 Å². The molecule has 2 aliphatic heterocycles. The highest BCUT2D eigenvalue weighted by Crippen LogP contribution is 2.42. The number of amides is 1. The molecule has 4 rings (SSSR count). The molecule has 2 aromatic carbocycles. The van der Waals surface area contributed by atoms with Gasteiger partial charge in [0.15, 0.2) is 17.3 Å². The van der Waals surface area contributed by atoms with Gasteiger partial charge in [0.25, 0.3) is 0 Å². The summed E-state index contributed by atoms with van der Waals surface area (Å²) in [5.41, 5.74) is 1.70. The van der Waals surface area contributed by atoms with Crippen LogP contribution in [0.3, 0.4) is 0 Å². The first-order valence-electron chi connectivity index (χ1n) is 11.1. The predicted octanol–water partition coefficient (Wildman–Crippen LogP) is 5.10. The van der Waals surface area contributed by atoms with Crippen LogP contribution in [0.4, 0.5) is 0 Å². The number of hydrogen-bond acceptors (Lipinski definition) is 5. The Morgan fingerprint density at radius 2 is 1.97 bits per heavy atom. The molecule has 0 aliphatic carbocycles. The zero-order chi connectivity index (χ0) is 23.6. The number of fused-ring (bicyclic) bond motifs is 1. The number of carbonyl (C=O) groups is 2. The van der Waals surface area contributed by atoms with Crippen LogP contribution < -0.4 is 14.2 Å². The maximum absolute atomic E-state index is 12.8. The third kappa shape index (κ3) is 4.86. The van der Waals surface area contributed by atoms with Gasteiger partial charge in [0, 0.05) is 37.0 Å². The quantitative estimate of drug-likeness (QED) is 0.570. The molecule has 0 radical (unpaired) electrons. The van der Waals surface area contributed by atoms with Crippen LogP contribution in [0.5, 0.6) is 17.2 Å². The molecule has 174 valence electrons. The molecule has 2 heterocycles. The van der Waals surface area contributed by atoms with Crippen molar-refractivity contribution in [2.75, 3.05) is 26.8 Å². The van der Waals surface area contributed by atoms with Gasteiger partial charge in [0.1, 0.15) is 11.4 Å². The number of ether oxygens (including phenoxy) is 3. The van der Waals surface area contributed by atoms with Crippen LogP contribution in [0.2, 0.25) is 5.02 Å². The predicted molar refractivity (Wildman–Crippen MR) is 128 cm³/mol. The van der Waals surface area contributed by atoms with Crippen molar-refractivity contribution in [1.29, 1.82) is 0 Å². The van der Waals surface area contributed by atoms with Gasteiger partial charge < -0.3 is 19.1 Å². The summed E-state index contributed by atoms with van der Waals surface area (Å²) >= 11 is 6.12. The monoisotopic (exact) mass is 469 g/mol. The van der Waals surface area contributed by atoms with Crippen LogP contribution in [0.25, 0.3) is 6.08 Å². The molecule has 1 saturated heterocycles. The number of ketones is 1. The Labute approximate surface area is 199 Å². The number of halogens is 1. The van der Waals surface area contributed by atoms with E-state index < -0.39 is 5.60 Å². The maximum Gasteiger partial charge on any atom is 0.246 e. The molecule has 2 aliphatic rings. The van der Waals surface area contributed by atoms with Gasteiger partial charge in [-0.1, -0.05) is 17.7 Å². The van der Waals surface area contributed by atoms with Crippen molar-refractivity contribution < 1.29 is 23.8 Å². The lowest BCUT2D eigenvalue weighted by Gasteiger charge is -2.44. The molecule has 2 aromatic rings. The highest BCUT2D eigenvalue weighted by molar-refractivity contribution is 6.31. The van der Waals surface area contributed by atoms with E-state index in [0.29, 0.717) is 66.8 Å². The van der Waals surface area contributed by atoms with Gasteiger partial charge in [-0.25, -0.2) is 0 Å². The minimum Gasteiger partial charge on any atom is -0.493 e. The average Bonchev–Trinajstić information content (AvgIpc) is 2.80. The van der Waals surface area contributed by atoms with Gasteiger partial charge in [0.2, 0.25) is 5.91 Å². The lowest BCUT2D eigenvalue weighted by Crippen LogP contribution is -2.52. The number of nitrogens with zero attached hydrogens (tertiary/aromatic N) is 1. The van der Waals surface area contributed by atoms with Crippen molar-refractivity contribution in [3.63, 3.8) is 0 Å². The molecule has 0 N–H and O–H groups in total. The number of methoxy groups -OCH3 is 1. The number of carbonyl (C=O) groups excluding carboxylic acids is 2. The largest absolute Gasteiger partial charge is 0.493 e. The minimum atomic E-state index is -0.564. The van der Waals surface area contributed by atoms with Crippen LogP contribution in [-0.4, -0.2) is 49.0 Å². The second-order valence-corrected chi connectivity index (χ2v) is 8.92. The summed E-state index contributed by atoms with van der Waals surface area (Å²) in [6.45, 7) is 5.43. The van der Waals surface area contributed by atoms with Crippen LogP contribution in [0.15, 0.2) is 36.4 Å². The Bertz CT molecular complexity index is 1100. The van der Waals surface area contributed by atoms with Gasteiger partial charge in [-0.15, -0.1) is 0 Å². The molecule has 0 atom stereocenters. The van der Waals surface area contributed by atoms with Crippen LogP contribution in [0, 0.1) is 6.92 Å². The van der Waals surface area contributed by atoms with Gasteiger partial charge in [-0.3, -0.25) is 9.59 Å². The van der Waals surface area contributed by atoms with E-state index >= 15 is 0 Å². The molecule has 7 heteroatoms. The van der Waals surface area contributed by atoms with Gasteiger partial charge in [0.05, 0.1) is 25.7 Å². The Morgan fingerprint density at radius 3 is 2.67 bits per heavy atom. The second-order valence-electron chi connectivity index (χ2n) is 8.49. The topological polar surface area (TPSA) is 65.1 Å². The Hall–Kier alpha value is -2.99. The van der Waals surface area contributed by atoms with E-state index in [1.54, 1.807) is 30.2 Å². The van der Waals surface area contributed by atoms with E-state index in [1.807, 2.05) is 38.1 Å². The summed E-state index contributed by atoms with van der Waals surface area (Å²) in [4.78, 5) is 27.4. The van der Waals surface area contributed by atoms with Gasteiger partial charge in [-0.05, 0) is 55.3 Å². The molecule has 0 bridgehead atoms. The van der Waals surface area contributed by atoms with E-state index in [0.717, 1.165) is 11.1 Å². The van der Waals surface area contributed by atoms with E-state index in [-0.39, 0.29) is 11.7 Å². The fourth-order valence-electron chi connectivity index (χ4n) is 4.46. The average molecular weight is 470 g/mol. The van der Waals surface area contributed by atoms with Gasteiger partial charge in [-0.2, -0.15) is 0 Å². The van der Waals surface area contributed by atoms with Crippen molar-refractivity contribution in [2.24, 2.45) is 0 Å². The smallest absolute Gasteiger partial charge is 0.246 e. The van der Waals surface area contributed by atoms with Crippen LogP contribution >= 0.6 is 11.6 Å². The SMILES string of the molecule is CCOc1ccc(/C=C/C(=O)N2CCC3(CC2)CC(=O)c2cc(Cl)cc(C)c2O3)cc1OC. The molecule has 1 fully saturated rings. The molecule has 1 spiro atoms. The standard InChI is InChI=1S/C26H28ClNO5/c1-4-32-22-7-5-18(14-23(22)31-3)6-8-24(30)28-11-9-26(10-12-28)16-21(29)20-15-19(27)13-17(2)25(20)33-26/h5-8,13-15H,4,9-12,16H2,1-3H3/b8-6+. The second kappa shape index (κ2) is 9.48. The maximum atomic E-state index is 12.8. The van der Waals surface area contributed by atoms with Crippen molar-refractivity contribution in [3.05, 3.63) is 58.1 Å². The summed E-state index contributed by atoms with van der Waals surface area (Å²) in [6, 6.07) is 9.05. The number of hydrogen-bond donors (Lipinski definition) is 0. The third-order valence-electron chi connectivity index (χ3n) is 6.23. The normalized spacial score (nSPS) is 17.1. The highest BCUT2D eigenvalue weighted by atomic mass is 35.5. The van der Waals surface area contributed by atoms with Gasteiger partial charge >= 0.3 is 0 Å². The number of Topliss-reactive ketones (excluding diaryl/α,β-unsaturated/α-hetero) is 1. The van der Waals surface area contributed by atoms with E-state index in [4.69, 9.17) is 25.8 Å². The molecule has 6 nitrogen and oxygen atoms in total. The summed E-state index contributed by atoms with van der Waals surface area (Å²) in [5, 5.41) is 0.538. The lowest BCUT2D eigenvalue weighted by molar-refractivity contribution is -0.129. The molecule has 1 amide bonds. The molecular formula is C26H28ClNO5. The number of piperidine rings is 1. The summed E-state index contributed by atoms with van der Waals surface area (Å²) < 4.78 is 17.3. The minimum absolute atomic E-state index is 0.0472. The highest BCUT2D eigenvalue weighted by Gasteiger charge is 2.44. The van der Waals surface area contributed by atoms with Crippen LogP contribution in [-0.2, 0) is 4.79 Å². The summed E-state index contributed by atoms with van der Waals surface area (Å²) in [7, 11) is 1.59. The van der Waals surface area contributed by atoms with Crippen molar-refractivity contribution in [1.82, 2.24) is 4.90 Å². The van der Waals surface area contributed by atoms with Crippen molar-refractivity contribution >= 4 is 29.4 Å². The van der Waals surface area contributed by atoms with E-state index in [2.05, 4.69) is 0 Å². The lowest BCUT2D eigenvalue weighted by atomic mass is 9.82. The Balaban J connectivity index is 1.41. The molecule has 0 saturated carbocycles. The first-order chi connectivity index (χ1) is 15.8. The molecule has 0 aromatic heterocycles. The van der Waals surface area contributed by atoms with Crippen molar-refractivity contribution in [2.45, 2.75) is 38.7 Å². The zero-order valence-corrected chi connectivity index (χ0v) is 19.9. The first-order valence-corrected chi connectivity index (χ1v) is 11.5. The number of benzene rings is 2. The molecule has 0 unspecified atom stereocenters. The molecular weight excluding hydrogens is 442 g/mol. The zero-order valence-electron chi connectivity index (χ0n) is 19.2. The summed E-state index contributed by atoms with van der Waals surface area (Å²) in [5.74, 6) is 1.90. The fraction of sp³-hybridized carbons (Fsp3) is 0.385. The fourth-order valence-corrected chi connectivity index (χ4v) is 4.73. The molecule has 33 heavy (non-hydrogen) atoms. The van der Waals surface area contributed by atoms with E-state index in [1.165, 1.54) is 0 Å².